The lowest BCUT2D eigenvalue weighted by Gasteiger charge is -2.54. The van der Waals surface area contributed by atoms with E-state index >= 15 is 0 Å². The van der Waals surface area contributed by atoms with E-state index in [1.54, 1.807) is 0 Å². The van der Waals surface area contributed by atoms with Crippen molar-refractivity contribution in [2.75, 3.05) is 19.6 Å². The first-order valence-electron chi connectivity index (χ1n) is 9.95. The molecule has 3 fully saturated rings. The van der Waals surface area contributed by atoms with Crippen LogP contribution in [0.4, 0.5) is 0 Å². The number of hydrogen-bond donors (Lipinski definition) is 2. The summed E-state index contributed by atoms with van der Waals surface area (Å²) in [5.41, 5.74) is -1.03. The van der Waals surface area contributed by atoms with Crippen LogP contribution in [0.15, 0.2) is 15.7 Å². The third-order valence-electron chi connectivity index (χ3n) is 6.63. The fourth-order valence-corrected chi connectivity index (χ4v) is 5.14. The molecule has 2 bridgehead atoms. The molecule has 160 valence electrons. The Morgan fingerprint density at radius 1 is 1.17 bits per heavy atom. The zero-order chi connectivity index (χ0) is 20.0. The van der Waals surface area contributed by atoms with Crippen LogP contribution in [0.25, 0.3) is 0 Å². The van der Waals surface area contributed by atoms with Gasteiger partial charge in [-0.3, -0.25) is 23.5 Å². The van der Waals surface area contributed by atoms with Crippen molar-refractivity contribution in [3.05, 3.63) is 32.6 Å². The van der Waals surface area contributed by atoms with E-state index < -0.39 is 17.2 Å². The van der Waals surface area contributed by atoms with Crippen LogP contribution in [0.3, 0.4) is 0 Å². The van der Waals surface area contributed by atoms with Gasteiger partial charge in [-0.2, -0.15) is 0 Å². The first-order chi connectivity index (χ1) is 13.4. The number of hydrogen-bond acceptors (Lipinski definition) is 5. The molecule has 2 amide bonds. The molecule has 2 N–H and O–H groups in total. The van der Waals surface area contributed by atoms with Crippen molar-refractivity contribution in [1.82, 2.24) is 24.7 Å². The number of aromatic nitrogens is 2. The molecule has 0 saturated carbocycles. The molecule has 10 heteroatoms. The van der Waals surface area contributed by atoms with Gasteiger partial charge in [0.1, 0.15) is 5.69 Å². The second-order valence-electron chi connectivity index (χ2n) is 8.22. The maximum Gasteiger partial charge on any atom is 0.331 e. The molecule has 3 aliphatic heterocycles. The summed E-state index contributed by atoms with van der Waals surface area (Å²) in [4.78, 5) is 51.4. The Balaban J connectivity index is 0.00000240. The smallest absolute Gasteiger partial charge is 0.331 e. The van der Waals surface area contributed by atoms with Gasteiger partial charge >= 0.3 is 5.69 Å². The Bertz CT molecular complexity index is 926. The molecular formula is C19H28ClN5O4. The predicted octanol–water partition coefficient (Wildman–Crippen LogP) is -0.775. The van der Waals surface area contributed by atoms with Crippen LogP contribution in [0.1, 0.15) is 36.2 Å². The van der Waals surface area contributed by atoms with Crippen LogP contribution in [0.5, 0.6) is 0 Å². The minimum absolute atomic E-state index is 0. The molecule has 1 aromatic rings. The van der Waals surface area contributed by atoms with E-state index in [0.29, 0.717) is 24.8 Å². The molecule has 0 aromatic carbocycles. The molecule has 0 aliphatic carbocycles. The van der Waals surface area contributed by atoms with Gasteiger partial charge < -0.3 is 15.5 Å². The van der Waals surface area contributed by atoms with Crippen LogP contribution >= 0.6 is 12.4 Å². The highest BCUT2D eigenvalue weighted by atomic mass is 35.5. The van der Waals surface area contributed by atoms with Gasteiger partial charge in [0.25, 0.3) is 11.5 Å². The molecule has 4 atom stereocenters. The van der Waals surface area contributed by atoms with Gasteiger partial charge in [0.05, 0.1) is 6.04 Å². The Morgan fingerprint density at radius 2 is 1.90 bits per heavy atom. The fourth-order valence-electron chi connectivity index (χ4n) is 5.14. The Labute approximate surface area is 174 Å². The van der Waals surface area contributed by atoms with Crippen molar-refractivity contribution in [2.24, 2.45) is 25.9 Å². The Hall–Kier alpha value is -2.13. The number of carbonyl (C=O) groups is 2. The second-order valence-corrected chi connectivity index (χ2v) is 8.22. The standard InChI is InChI=1S/C19H27N5O4.ClH/c1-22-14(7-17(26)23(2)19(22)28)18(27)21-10-15-12-6-11(8-20-9-12)13-4-3-5-16(25)24(13)15;/h7,11-13,15,20H,3-6,8-10H2,1-2H3,(H,21,27);1H/t11-,12+,13+,15+;/m1./s1. The number of amides is 2. The molecule has 0 spiro atoms. The molecular weight excluding hydrogens is 398 g/mol. The Kier molecular flexibility index (Phi) is 6.19. The molecule has 0 unspecified atom stereocenters. The van der Waals surface area contributed by atoms with E-state index in [1.165, 1.54) is 24.7 Å². The lowest BCUT2D eigenvalue weighted by molar-refractivity contribution is -0.148. The average Bonchev–Trinajstić information content (AvgIpc) is 2.69. The van der Waals surface area contributed by atoms with Crippen LogP contribution in [-0.4, -0.2) is 57.6 Å². The van der Waals surface area contributed by atoms with Gasteiger partial charge in [0.2, 0.25) is 5.91 Å². The summed E-state index contributed by atoms with van der Waals surface area (Å²) in [5.74, 6) is 0.481. The van der Waals surface area contributed by atoms with Crippen molar-refractivity contribution in [3.8, 4) is 0 Å². The molecule has 9 nitrogen and oxygen atoms in total. The van der Waals surface area contributed by atoms with Gasteiger partial charge in [-0.1, -0.05) is 0 Å². The fraction of sp³-hybridized carbons (Fsp3) is 0.684. The number of halogens is 1. The monoisotopic (exact) mass is 425 g/mol. The van der Waals surface area contributed by atoms with E-state index in [1.807, 2.05) is 4.90 Å². The lowest BCUT2D eigenvalue weighted by Crippen LogP contribution is -2.66. The van der Waals surface area contributed by atoms with E-state index in [2.05, 4.69) is 10.6 Å². The topological polar surface area (TPSA) is 105 Å². The molecule has 4 rings (SSSR count). The highest BCUT2D eigenvalue weighted by molar-refractivity contribution is 5.92. The van der Waals surface area contributed by atoms with Crippen molar-refractivity contribution < 1.29 is 9.59 Å². The maximum atomic E-state index is 12.7. The van der Waals surface area contributed by atoms with Crippen LogP contribution in [-0.2, 0) is 18.9 Å². The van der Waals surface area contributed by atoms with Crippen molar-refractivity contribution in [2.45, 2.75) is 37.8 Å². The first-order valence-corrected chi connectivity index (χ1v) is 9.95. The number of rotatable bonds is 3. The van der Waals surface area contributed by atoms with Gasteiger partial charge in [-0.25, -0.2) is 4.79 Å². The predicted molar refractivity (Wildman–Crippen MR) is 109 cm³/mol. The van der Waals surface area contributed by atoms with Crippen LogP contribution < -0.4 is 21.9 Å². The van der Waals surface area contributed by atoms with E-state index in [9.17, 15) is 19.2 Å². The normalized spacial score (nSPS) is 28.3. The summed E-state index contributed by atoms with van der Waals surface area (Å²) in [6, 6.07) is 1.35. The van der Waals surface area contributed by atoms with Crippen LogP contribution in [0, 0.1) is 11.8 Å². The maximum absolute atomic E-state index is 12.7. The van der Waals surface area contributed by atoms with Crippen molar-refractivity contribution >= 4 is 24.2 Å². The summed E-state index contributed by atoms with van der Waals surface area (Å²) in [6.07, 6.45) is 3.57. The molecule has 3 aliphatic rings. The van der Waals surface area contributed by atoms with Gasteiger partial charge in [-0.05, 0) is 37.6 Å². The number of nitrogens with zero attached hydrogens (tertiary/aromatic N) is 3. The summed E-state index contributed by atoms with van der Waals surface area (Å²) in [7, 11) is 2.85. The lowest BCUT2D eigenvalue weighted by atomic mass is 9.72. The molecule has 29 heavy (non-hydrogen) atoms. The summed E-state index contributed by atoms with van der Waals surface area (Å²) in [6.45, 7) is 2.10. The average molecular weight is 426 g/mol. The zero-order valence-corrected chi connectivity index (χ0v) is 17.5. The highest BCUT2D eigenvalue weighted by Gasteiger charge is 2.47. The van der Waals surface area contributed by atoms with Crippen molar-refractivity contribution in [1.29, 1.82) is 0 Å². The molecule has 1 aromatic heterocycles. The SMILES string of the molecule is Cl.Cn1c(C(=O)NC[C@H]2[C@@H]3CNC[C@@H](C3)[C@@H]3CCCC(=O)N32)cc(=O)n(C)c1=O. The zero-order valence-electron chi connectivity index (χ0n) is 16.7. The Morgan fingerprint density at radius 3 is 2.66 bits per heavy atom. The first kappa shape index (κ1) is 21.6. The van der Waals surface area contributed by atoms with Crippen LogP contribution in [0.2, 0.25) is 0 Å². The van der Waals surface area contributed by atoms with Gasteiger partial charge in [-0.15, -0.1) is 12.4 Å². The third kappa shape index (κ3) is 3.73. The summed E-state index contributed by atoms with van der Waals surface area (Å²) in [5, 5.41) is 6.35. The number of nitrogens with one attached hydrogen (secondary N) is 2. The minimum atomic E-state index is -0.541. The molecule has 4 heterocycles. The highest BCUT2D eigenvalue weighted by Crippen LogP contribution is 2.39. The number of piperidine rings is 3. The minimum Gasteiger partial charge on any atom is -0.349 e. The second kappa shape index (κ2) is 8.31. The quantitative estimate of drug-likeness (QED) is 0.661. The van der Waals surface area contributed by atoms with Gasteiger partial charge in [0, 0.05) is 45.7 Å². The summed E-state index contributed by atoms with van der Waals surface area (Å²) >= 11 is 0. The van der Waals surface area contributed by atoms with E-state index in [4.69, 9.17) is 0 Å². The van der Waals surface area contributed by atoms with Crippen molar-refractivity contribution in [3.63, 3.8) is 0 Å². The number of carbonyl (C=O) groups excluding carboxylic acids is 2. The third-order valence-corrected chi connectivity index (χ3v) is 6.63. The summed E-state index contributed by atoms with van der Waals surface area (Å²) < 4.78 is 2.13. The van der Waals surface area contributed by atoms with E-state index in [0.717, 1.165) is 36.9 Å². The largest absolute Gasteiger partial charge is 0.349 e. The molecule has 3 saturated heterocycles. The van der Waals surface area contributed by atoms with Gasteiger partial charge in [0.15, 0.2) is 0 Å². The van der Waals surface area contributed by atoms with E-state index in [-0.39, 0.29) is 36.1 Å². The number of fused-ring (bicyclic) bond motifs is 4. The molecule has 0 radical (unpaired) electrons.